The summed E-state index contributed by atoms with van der Waals surface area (Å²) < 4.78 is 2.16. The zero-order valence-electron chi connectivity index (χ0n) is 21.1. The molecule has 3 nitrogen and oxygen atoms in total. The van der Waals surface area contributed by atoms with Gasteiger partial charge in [0.05, 0.1) is 22.4 Å². The van der Waals surface area contributed by atoms with E-state index >= 15 is 0 Å². The van der Waals surface area contributed by atoms with E-state index in [-0.39, 0.29) is 0 Å². The minimum absolute atomic E-state index is 0.703. The summed E-state index contributed by atoms with van der Waals surface area (Å²) in [6.07, 6.45) is 0. The van der Waals surface area contributed by atoms with E-state index in [1.165, 1.54) is 32.7 Å². The van der Waals surface area contributed by atoms with E-state index in [1.807, 2.05) is 18.2 Å². The second-order valence-electron chi connectivity index (χ2n) is 9.90. The second-order valence-corrected chi connectivity index (χ2v) is 9.90. The number of hydrogen-bond acceptors (Lipinski definition) is 2. The van der Waals surface area contributed by atoms with E-state index in [0.717, 1.165) is 33.5 Å². The average molecular weight is 498 g/mol. The summed E-state index contributed by atoms with van der Waals surface area (Å²) in [6, 6.07) is 49.2. The van der Waals surface area contributed by atoms with Gasteiger partial charge in [-0.3, -0.25) is 4.40 Å². The van der Waals surface area contributed by atoms with Crippen molar-refractivity contribution in [2.45, 2.75) is 0 Å². The third-order valence-corrected chi connectivity index (χ3v) is 7.58. The molecular formula is C36H23N3. The predicted octanol–water partition coefficient (Wildman–Crippen LogP) is 9.19. The van der Waals surface area contributed by atoms with Crippen LogP contribution in [0.4, 0.5) is 0 Å². The van der Waals surface area contributed by atoms with Crippen LogP contribution in [0.3, 0.4) is 0 Å². The van der Waals surface area contributed by atoms with Crippen molar-refractivity contribution in [3.05, 3.63) is 140 Å². The maximum absolute atomic E-state index is 5.07. The van der Waals surface area contributed by atoms with E-state index in [1.54, 1.807) is 0 Å². The highest BCUT2D eigenvalue weighted by Crippen LogP contribution is 2.37. The van der Waals surface area contributed by atoms with Gasteiger partial charge in [0.25, 0.3) is 0 Å². The van der Waals surface area contributed by atoms with E-state index in [9.17, 15) is 0 Å². The van der Waals surface area contributed by atoms with Gasteiger partial charge < -0.3 is 0 Å². The van der Waals surface area contributed by atoms with Crippen LogP contribution in [0.15, 0.2) is 140 Å². The van der Waals surface area contributed by atoms with Gasteiger partial charge >= 0.3 is 0 Å². The maximum Gasteiger partial charge on any atom is 0.235 e. The molecule has 2 aromatic heterocycles. The summed E-state index contributed by atoms with van der Waals surface area (Å²) in [4.78, 5) is 9.96. The quantitative estimate of drug-likeness (QED) is 0.228. The van der Waals surface area contributed by atoms with Gasteiger partial charge in [0, 0.05) is 5.56 Å². The number of benzene rings is 6. The molecule has 0 aliphatic rings. The summed E-state index contributed by atoms with van der Waals surface area (Å²) in [6.45, 7) is 0. The zero-order chi connectivity index (χ0) is 25.8. The molecule has 0 unspecified atom stereocenters. The van der Waals surface area contributed by atoms with Crippen molar-refractivity contribution in [3.8, 4) is 33.6 Å². The topological polar surface area (TPSA) is 30.2 Å². The Bertz CT molecular complexity index is 2170. The van der Waals surface area contributed by atoms with Crippen LogP contribution < -0.4 is 0 Å². The molecule has 8 aromatic rings. The molecular weight excluding hydrogens is 474 g/mol. The molecule has 0 saturated carbocycles. The third kappa shape index (κ3) is 3.52. The van der Waals surface area contributed by atoms with Gasteiger partial charge in [-0.05, 0) is 68.6 Å². The van der Waals surface area contributed by atoms with Gasteiger partial charge in [0.1, 0.15) is 0 Å². The summed E-state index contributed by atoms with van der Waals surface area (Å²) >= 11 is 0. The Morgan fingerprint density at radius 2 is 1.15 bits per heavy atom. The molecule has 3 heteroatoms. The Morgan fingerprint density at radius 3 is 2.05 bits per heavy atom. The van der Waals surface area contributed by atoms with Crippen molar-refractivity contribution in [2.24, 2.45) is 0 Å². The number of para-hydroxylation sites is 2. The molecule has 0 atom stereocenters. The lowest BCUT2D eigenvalue weighted by atomic mass is 9.92. The van der Waals surface area contributed by atoms with Crippen molar-refractivity contribution in [3.63, 3.8) is 0 Å². The van der Waals surface area contributed by atoms with Crippen molar-refractivity contribution in [2.75, 3.05) is 0 Å². The van der Waals surface area contributed by atoms with Crippen molar-refractivity contribution >= 4 is 38.4 Å². The predicted molar refractivity (Wildman–Crippen MR) is 162 cm³/mol. The molecule has 2 heterocycles. The average Bonchev–Trinajstić information content (AvgIpc) is 3.39. The van der Waals surface area contributed by atoms with Crippen LogP contribution in [0.2, 0.25) is 0 Å². The lowest BCUT2D eigenvalue weighted by molar-refractivity contribution is 1.14. The first-order valence-corrected chi connectivity index (χ1v) is 13.2. The molecule has 182 valence electrons. The van der Waals surface area contributed by atoms with Crippen LogP contribution in [0.25, 0.3) is 72.0 Å². The second kappa shape index (κ2) is 8.64. The molecule has 0 N–H and O–H groups in total. The lowest BCUT2D eigenvalue weighted by Crippen LogP contribution is -1.97. The minimum atomic E-state index is 0.703. The van der Waals surface area contributed by atoms with Gasteiger partial charge in [0.2, 0.25) is 5.78 Å². The molecule has 0 aliphatic carbocycles. The molecule has 0 bridgehead atoms. The molecule has 8 rings (SSSR count). The van der Waals surface area contributed by atoms with Gasteiger partial charge in [-0.25, -0.2) is 9.97 Å². The Morgan fingerprint density at radius 1 is 0.462 bits per heavy atom. The highest BCUT2D eigenvalue weighted by molar-refractivity contribution is 6.13. The molecule has 0 aliphatic heterocycles. The van der Waals surface area contributed by atoms with E-state index in [4.69, 9.17) is 9.97 Å². The van der Waals surface area contributed by atoms with Crippen molar-refractivity contribution in [1.29, 1.82) is 0 Å². The summed E-state index contributed by atoms with van der Waals surface area (Å²) in [5.74, 6) is 0.703. The van der Waals surface area contributed by atoms with Crippen LogP contribution >= 0.6 is 0 Å². The van der Waals surface area contributed by atoms with Crippen LogP contribution in [0.1, 0.15) is 0 Å². The monoisotopic (exact) mass is 497 g/mol. The fourth-order valence-corrected chi connectivity index (χ4v) is 5.77. The molecule has 39 heavy (non-hydrogen) atoms. The van der Waals surface area contributed by atoms with Gasteiger partial charge in [-0.15, -0.1) is 0 Å². The fraction of sp³-hybridized carbons (Fsp3) is 0. The van der Waals surface area contributed by atoms with Gasteiger partial charge in [-0.2, -0.15) is 0 Å². The first-order valence-electron chi connectivity index (χ1n) is 13.2. The van der Waals surface area contributed by atoms with E-state index in [2.05, 4.69) is 126 Å². The molecule has 0 fully saturated rings. The van der Waals surface area contributed by atoms with Gasteiger partial charge in [-0.1, -0.05) is 109 Å². The smallest absolute Gasteiger partial charge is 0.235 e. The highest BCUT2D eigenvalue weighted by atomic mass is 15.1. The molecule has 6 aromatic carbocycles. The third-order valence-electron chi connectivity index (χ3n) is 7.58. The Balaban J connectivity index is 1.37. The number of hydrogen-bond donors (Lipinski definition) is 0. The number of rotatable bonds is 3. The fourth-order valence-electron chi connectivity index (χ4n) is 5.77. The van der Waals surface area contributed by atoms with Crippen LogP contribution in [-0.2, 0) is 0 Å². The van der Waals surface area contributed by atoms with Crippen LogP contribution in [-0.4, -0.2) is 14.4 Å². The maximum atomic E-state index is 5.07. The molecule has 0 spiro atoms. The SMILES string of the molecule is c1ccc(-c2cc(-c3cccc(-c4cc5ccccc5c5ccccc45)c3)nc3nc4ccccc4n23)cc1. The first kappa shape index (κ1) is 21.8. The van der Waals surface area contributed by atoms with Crippen molar-refractivity contribution in [1.82, 2.24) is 14.4 Å². The normalized spacial score (nSPS) is 11.6. The Kier molecular flexibility index (Phi) is 4.82. The van der Waals surface area contributed by atoms with E-state index in [0.29, 0.717) is 5.78 Å². The standard InChI is InChI=1S/C36H23N3/c1-2-11-24(12-3-1)35-23-33(38-36-37-32-19-8-9-20-34(32)39(35)36)27-15-10-14-25(21-27)31-22-26-13-4-5-16-28(26)29-17-6-7-18-30(29)31/h1-23H. The number of imidazole rings is 1. The first-order chi connectivity index (χ1) is 19.3. The molecule has 0 amide bonds. The number of aromatic nitrogens is 3. The Hall–Kier alpha value is -5.28. The van der Waals surface area contributed by atoms with Crippen LogP contribution in [0, 0.1) is 0 Å². The zero-order valence-corrected chi connectivity index (χ0v) is 21.1. The lowest BCUT2D eigenvalue weighted by Gasteiger charge is -2.13. The number of nitrogens with zero attached hydrogens (tertiary/aromatic N) is 3. The van der Waals surface area contributed by atoms with Crippen molar-refractivity contribution < 1.29 is 0 Å². The number of fused-ring (bicyclic) bond motifs is 6. The largest absolute Gasteiger partial charge is 0.276 e. The summed E-state index contributed by atoms with van der Waals surface area (Å²) in [5.41, 5.74) is 8.57. The van der Waals surface area contributed by atoms with Gasteiger partial charge in [0.15, 0.2) is 0 Å². The summed E-state index contributed by atoms with van der Waals surface area (Å²) in [7, 11) is 0. The molecule has 0 radical (unpaired) electrons. The Labute approximate surface area is 225 Å². The highest BCUT2D eigenvalue weighted by Gasteiger charge is 2.15. The molecule has 0 saturated heterocycles. The minimum Gasteiger partial charge on any atom is -0.276 e. The van der Waals surface area contributed by atoms with E-state index < -0.39 is 0 Å². The summed E-state index contributed by atoms with van der Waals surface area (Å²) in [5, 5.41) is 5.04. The van der Waals surface area contributed by atoms with Crippen LogP contribution in [0.5, 0.6) is 0 Å².